The Morgan fingerprint density at radius 3 is 2.69 bits per heavy atom. The SMILES string of the molecule is Oc1ccc2cc(N3C=NCC3)ccc2c1. The van der Waals surface area contributed by atoms with E-state index in [9.17, 15) is 5.11 Å². The third-order valence-electron chi connectivity index (χ3n) is 2.83. The van der Waals surface area contributed by atoms with Crippen molar-refractivity contribution in [2.45, 2.75) is 0 Å². The monoisotopic (exact) mass is 212 g/mol. The summed E-state index contributed by atoms with van der Waals surface area (Å²) in [6, 6.07) is 11.6. The Morgan fingerprint density at radius 2 is 1.88 bits per heavy atom. The van der Waals surface area contributed by atoms with Crippen LogP contribution in [0.25, 0.3) is 10.8 Å². The average molecular weight is 212 g/mol. The first kappa shape index (κ1) is 9.21. The fraction of sp³-hybridized carbons (Fsp3) is 0.154. The molecule has 2 aromatic rings. The minimum absolute atomic E-state index is 0.308. The minimum Gasteiger partial charge on any atom is -0.508 e. The van der Waals surface area contributed by atoms with Crippen LogP contribution in [0.5, 0.6) is 5.75 Å². The van der Waals surface area contributed by atoms with Gasteiger partial charge in [-0.25, -0.2) is 0 Å². The highest BCUT2D eigenvalue weighted by atomic mass is 16.3. The number of hydrogen-bond donors (Lipinski definition) is 1. The van der Waals surface area contributed by atoms with Crippen molar-refractivity contribution in [1.82, 2.24) is 0 Å². The van der Waals surface area contributed by atoms with E-state index >= 15 is 0 Å². The molecule has 3 nitrogen and oxygen atoms in total. The predicted molar refractivity (Wildman–Crippen MR) is 66.3 cm³/mol. The van der Waals surface area contributed by atoms with Gasteiger partial charge in [0, 0.05) is 12.2 Å². The summed E-state index contributed by atoms with van der Waals surface area (Å²) in [7, 11) is 0. The molecule has 0 aromatic heterocycles. The van der Waals surface area contributed by atoms with Crippen LogP contribution in [0.4, 0.5) is 5.69 Å². The van der Waals surface area contributed by atoms with Crippen molar-refractivity contribution in [1.29, 1.82) is 0 Å². The molecule has 1 N–H and O–H groups in total. The van der Waals surface area contributed by atoms with Crippen LogP contribution < -0.4 is 4.90 Å². The van der Waals surface area contributed by atoms with E-state index in [4.69, 9.17) is 0 Å². The van der Waals surface area contributed by atoms with E-state index in [1.165, 1.54) is 0 Å². The van der Waals surface area contributed by atoms with Crippen molar-refractivity contribution in [2.75, 3.05) is 18.0 Å². The van der Waals surface area contributed by atoms with Gasteiger partial charge in [-0.1, -0.05) is 12.1 Å². The van der Waals surface area contributed by atoms with Gasteiger partial charge in [0.25, 0.3) is 0 Å². The summed E-state index contributed by atoms with van der Waals surface area (Å²) in [5, 5.41) is 11.6. The lowest BCUT2D eigenvalue weighted by Gasteiger charge is -2.14. The second kappa shape index (κ2) is 3.52. The number of hydrogen-bond acceptors (Lipinski definition) is 3. The van der Waals surface area contributed by atoms with Crippen LogP contribution in [0.2, 0.25) is 0 Å². The van der Waals surface area contributed by atoms with Crippen LogP contribution in [-0.4, -0.2) is 24.5 Å². The Kier molecular flexibility index (Phi) is 2.03. The highest BCUT2D eigenvalue weighted by Crippen LogP contribution is 2.25. The van der Waals surface area contributed by atoms with Crippen molar-refractivity contribution in [3.63, 3.8) is 0 Å². The second-order valence-corrected chi connectivity index (χ2v) is 3.93. The molecule has 3 heteroatoms. The molecule has 0 radical (unpaired) electrons. The molecule has 0 bridgehead atoms. The Bertz CT molecular complexity index is 563. The molecule has 1 heterocycles. The normalized spacial score (nSPS) is 14.9. The van der Waals surface area contributed by atoms with E-state index < -0.39 is 0 Å². The molecule has 0 spiro atoms. The molecule has 0 saturated carbocycles. The van der Waals surface area contributed by atoms with E-state index in [2.05, 4.69) is 22.0 Å². The van der Waals surface area contributed by atoms with E-state index in [0.29, 0.717) is 5.75 Å². The molecule has 80 valence electrons. The maximum Gasteiger partial charge on any atom is 0.116 e. The Morgan fingerprint density at radius 1 is 1.06 bits per heavy atom. The molecule has 0 amide bonds. The lowest BCUT2D eigenvalue weighted by molar-refractivity contribution is 0.476. The summed E-state index contributed by atoms with van der Waals surface area (Å²) in [5.41, 5.74) is 1.15. The van der Waals surface area contributed by atoms with Gasteiger partial charge in [-0.05, 0) is 35.0 Å². The van der Waals surface area contributed by atoms with Gasteiger partial charge in [0.1, 0.15) is 5.75 Å². The molecule has 0 fully saturated rings. The van der Waals surface area contributed by atoms with Crippen molar-refractivity contribution in [3.8, 4) is 5.75 Å². The molecular formula is C13H12N2O. The standard InChI is InChI=1S/C13H12N2O/c16-13-4-2-10-7-12(3-1-11(10)8-13)15-6-5-14-9-15/h1-4,7-9,16H,5-6H2. The summed E-state index contributed by atoms with van der Waals surface area (Å²) in [4.78, 5) is 6.33. The van der Waals surface area contributed by atoms with Gasteiger partial charge in [-0.3, -0.25) is 4.99 Å². The highest BCUT2D eigenvalue weighted by molar-refractivity contribution is 5.90. The smallest absolute Gasteiger partial charge is 0.116 e. The molecule has 0 saturated heterocycles. The van der Waals surface area contributed by atoms with Crippen LogP contribution in [0, 0.1) is 0 Å². The molecule has 0 atom stereocenters. The fourth-order valence-corrected chi connectivity index (χ4v) is 1.97. The first-order valence-electron chi connectivity index (χ1n) is 5.32. The van der Waals surface area contributed by atoms with Crippen LogP contribution in [0.15, 0.2) is 41.4 Å². The Balaban J connectivity index is 2.08. The number of aromatic hydroxyl groups is 1. The van der Waals surface area contributed by atoms with Crippen molar-refractivity contribution in [2.24, 2.45) is 4.99 Å². The summed E-state index contributed by atoms with van der Waals surface area (Å²) >= 11 is 0. The zero-order chi connectivity index (χ0) is 11.0. The third-order valence-corrected chi connectivity index (χ3v) is 2.83. The van der Waals surface area contributed by atoms with E-state index in [1.54, 1.807) is 12.1 Å². The number of nitrogens with zero attached hydrogens (tertiary/aromatic N) is 2. The van der Waals surface area contributed by atoms with Crippen LogP contribution >= 0.6 is 0 Å². The van der Waals surface area contributed by atoms with Gasteiger partial charge in [0.15, 0.2) is 0 Å². The molecule has 1 aliphatic heterocycles. The van der Waals surface area contributed by atoms with Gasteiger partial charge in [0.2, 0.25) is 0 Å². The van der Waals surface area contributed by atoms with Gasteiger partial charge < -0.3 is 10.0 Å². The number of anilines is 1. The number of benzene rings is 2. The molecule has 0 aliphatic carbocycles. The first-order valence-corrected chi connectivity index (χ1v) is 5.32. The number of phenolic OH excluding ortho intramolecular Hbond substituents is 1. The number of aliphatic imine (C=N–C) groups is 1. The summed E-state index contributed by atoms with van der Waals surface area (Å²) in [5.74, 6) is 0.308. The van der Waals surface area contributed by atoms with Crippen molar-refractivity contribution < 1.29 is 5.11 Å². The zero-order valence-electron chi connectivity index (χ0n) is 8.80. The highest BCUT2D eigenvalue weighted by Gasteiger charge is 2.08. The van der Waals surface area contributed by atoms with Gasteiger partial charge in [0.05, 0.1) is 12.9 Å². The number of phenols is 1. The van der Waals surface area contributed by atoms with Crippen molar-refractivity contribution >= 4 is 22.8 Å². The minimum atomic E-state index is 0.308. The van der Waals surface area contributed by atoms with Crippen molar-refractivity contribution in [3.05, 3.63) is 36.4 Å². The summed E-state index contributed by atoms with van der Waals surface area (Å²) in [6.45, 7) is 1.82. The lowest BCUT2D eigenvalue weighted by atomic mass is 10.1. The molecule has 1 aliphatic rings. The fourth-order valence-electron chi connectivity index (χ4n) is 1.97. The first-order chi connectivity index (χ1) is 7.83. The van der Waals surface area contributed by atoms with Gasteiger partial charge in [-0.15, -0.1) is 0 Å². The third kappa shape index (κ3) is 1.50. The maximum absolute atomic E-state index is 9.38. The van der Waals surface area contributed by atoms with E-state index in [-0.39, 0.29) is 0 Å². The maximum atomic E-state index is 9.38. The predicted octanol–water partition coefficient (Wildman–Crippen LogP) is 2.39. The summed E-state index contributed by atoms with van der Waals surface area (Å²) < 4.78 is 0. The summed E-state index contributed by atoms with van der Waals surface area (Å²) in [6.07, 6.45) is 1.88. The molecule has 3 rings (SSSR count). The van der Waals surface area contributed by atoms with Gasteiger partial charge >= 0.3 is 0 Å². The molecule has 0 unspecified atom stereocenters. The Labute approximate surface area is 93.7 Å². The lowest BCUT2D eigenvalue weighted by Crippen LogP contribution is -2.17. The number of rotatable bonds is 1. The number of fused-ring (bicyclic) bond motifs is 1. The van der Waals surface area contributed by atoms with Crippen LogP contribution in [0.1, 0.15) is 0 Å². The zero-order valence-corrected chi connectivity index (χ0v) is 8.80. The average Bonchev–Trinajstić information content (AvgIpc) is 2.82. The van der Waals surface area contributed by atoms with Crippen LogP contribution in [0.3, 0.4) is 0 Å². The largest absolute Gasteiger partial charge is 0.508 e. The molecule has 2 aromatic carbocycles. The van der Waals surface area contributed by atoms with Gasteiger partial charge in [-0.2, -0.15) is 0 Å². The Hall–Kier alpha value is -2.03. The van der Waals surface area contributed by atoms with Crippen LogP contribution in [-0.2, 0) is 0 Å². The molecule has 16 heavy (non-hydrogen) atoms. The quantitative estimate of drug-likeness (QED) is 0.787. The second-order valence-electron chi connectivity index (χ2n) is 3.93. The van der Waals surface area contributed by atoms with E-state index in [0.717, 1.165) is 29.5 Å². The topological polar surface area (TPSA) is 35.8 Å². The molecular weight excluding hydrogens is 200 g/mol. The van der Waals surface area contributed by atoms with E-state index in [1.807, 2.05) is 18.5 Å².